The van der Waals surface area contributed by atoms with Crippen LogP contribution < -0.4 is 0 Å². The van der Waals surface area contributed by atoms with Crippen molar-refractivity contribution in [2.24, 2.45) is 0 Å². The number of hydrogen-bond donors (Lipinski definition) is 0. The second-order valence-corrected chi connectivity index (χ2v) is 3.77. The van der Waals surface area contributed by atoms with E-state index >= 15 is 0 Å². The molecule has 1 aromatic heterocycles. The van der Waals surface area contributed by atoms with Gasteiger partial charge in [-0.3, -0.25) is 0 Å². The number of alkyl halides is 1. The molecule has 0 bridgehead atoms. The monoisotopic (exact) mass is 271 g/mol. The predicted octanol–water partition coefficient (Wildman–Crippen LogP) is 3.89. The molecule has 1 heterocycles. The van der Waals surface area contributed by atoms with Crippen molar-refractivity contribution in [3.63, 3.8) is 0 Å². The van der Waals surface area contributed by atoms with E-state index in [4.69, 9.17) is 16.0 Å². The van der Waals surface area contributed by atoms with Gasteiger partial charge < -0.3 is 4.42 Å². The van der Waals surface area contributed by atoms with Gasteiger partial charge in [-0.1, -0.05) is 39.7 Å². The van der Waals surface area contributed by atoms with Crippen molar-refractivity contribution in [3.8, 4) is 11.3 Å². The zero-order valence-electron chi connectivity index (χ0n) is 7.21. The Hall–Kier alpha value is -0.800. The number of hydrogen-bond acceptors (Lipinski definition) is 2. The summed E-state index contributed by atoms with van der Waals surface area (Å²) in [4.78, 5) is 4.08. The first kappa shape index (κ1) is 9.74. The zero-order valence-corrected chi connectivity index (χ0v) is 9.55. The summed E-state index contributed by atoms with van der Waals surface area (Å²) in [6.07, 6.45) is 1.44. The molecule has 0 aliphatic carbocycles. The second-order valence-electron chi connectivity index (χ2n) is 2.77. The summed E-state index contributed by atoms with van der Waals surface area (Å²) in [5.74, 6) is 0.768. The van der Waals surface area contributed by atoms with Crippen molar-refractivity contribution in [2.45, 2.75) is 5.33 Å². The summed E-state index contributed by atoms with van der Waals surface area (Å²) in [5.41, 5.74) is 1.83. The molecule has 0 saturated carbocycles. The van der Waals surface area contributed by atoms with Gasteiger partial charge in [0.15, 0.2) is 12.2 Å². The number of benzene rings is 1. The van der Waals surface area contributed by atoms with E-state index in [0.717, 1.165) is 17.0 Å². The van der Waals surface area contributed by atoms with Crippen molar-refractivity contribution in [1.29, 1.82) is 0 Å². The van der Waals surface area contributed by atoms with E-state index in [9.17, 15) is 0 Å². The third-order valence-corrected chi connectivity index (χ3v) is 2.62. The number of rotatable bonds is 2. The van der Waals surface area contributed by atoms with E-state index in [1.807, 2.05) is 24.3 Å². The number of aromatic nitrogens is 1. The summed E-state index contributed by atoms with van der Waals surface area (Å²) in [5, 5.41) is 1.37. The molecule has 72 valence electrons. The fourth-order valence-electron chi connectivity index (χ4n) is 1.23. The minimum Gasteiger partial charge on any atom is -0.443 e. The normalized spacial score (nSPS) is 10.4. The van der Waals surface area contributed by atoms with Crippen LogP contribution in [0.15, 0.2) is 35.1 Å². The van der Waals surface area contributed by atoms with Crippen LogP contribution >= 0.6 is 27.5 Å². The SMILES string of the molecule is Clc1cccc(-c2ocnc2CBr)c1. The highest BCUT2D eigenvalue weighted by atomic mass is 79.9. The van der Waals surface area contributed by atoms with E-state index in [1.165, 1.54) is 6.39 Å². The average molecular weight is 273 g/mol. The molecule has 1 aromatic carbocycles. The van der Waals surface area contributed by atoms with Crippen molar-refractivity contribution >= 4 is 27.5 Å². The number of oxazole rings is 1. The fraction of sp³-hybridized carbons (Fsp3) is 0.100. The Morgan fingerprint density at radius 2 is 2.29 bits per heavy atom. The minimum absolute atomic E-state index is 0.672. The molecular weight excluding hydrogens is 265 g/mol. The van der Waals surface area contributed by atoms with Crippen LogP contribution in [0, 0.1) is 0 Å². The van der Waals surface area contributed by atoms with Crippen LogP contribution in [-0.2, 0) is 5.33 Å². The molecule has 0 aliphatic heterocycles. The van der Waals surface area contributed by atoms with Crippen molar-refractivity contribution < 1.29 is 4.42 Å². The molecule has 0 N–H and O–H groups in total. The molecule has 0 unspecified atom stereocenters. The summed E-state index contributed by atoms with van der Waals surface area (Å²) in [6.45, 7) is 0. The Morgan fingerprint density at radius 3 is 3.00 bits per heavy atom. The van der Waals surface area contributed by atoms with Crippen molar-refractivity contribution in [1.82, 2.24) is 4.98 Å². The Kier molecular flexibility index (Phi) is 2.89. The molecule has 0 radical (unpaired) electrons. The topological polar surface area (TPSA) is 26.0 Å². The molecule has 0 saturated heterocycles. The lowest BCUT2D eigenvalue weighted by Gasteiger charge is -1.98. The standard InChI is InChI=1S/C10H7BrClNO/c11-5-9-10(14-6-13-9)7-2-1-3-8(12)4-7/h1-4,6H,5H2. The summed E-state index contributed by atoms with van der Waals surface area (Å²) in [6, 6.07) is 7.51. The van der Waals surface area contributed by atoms with Gasteiger partial charge in [-0.05, 0) is 12.1 Å². The molecule has 0 fully saturated rings. The van der Waals surface area contributed by atoms with Gasteiger partial charge in [0, 0.05) is 15.9 Å². The maximum absolute atomic E-state index is 5.88. The van der Waals surface area contributed by atoms with Gasteiger partial charge in [0.25, 0.3) is 0 Å². The van der Waals surface area contributed by atoms with Gasteiger partial charge in [-0.15, -0.1) is 0 Å². The molecular formula is C10H7BrClNO. The van der Waals surface area contributed by atoms with E-state index < -0.39 is 0 Å². The molecule has 0 aliphatic rings. The van der Waals surface area contributed by atoms with Crippen LogP contribution in [0.2, 0.25) is 5.02 Å². The number of nitrogens with zero attached hydrogens (tertiary/aromatic N) is 1. The van der Waals surface area contributed by atoms with Crippen LogP contribution in [0.1, 0.15) is 5.69 Å². The first-order valence-electron chi connectivity index (χ1n) is 4.05. The van der Waals surface area contributed by atoms with Crippen molar-refractivity contribution in [3.05, 3.63) is 41.4 Å². The van der Waals surface area contributed by atoms with Crippen LogP contribution in [0.25, 0.3) is 11.3 Å². The molecule has 2 rings (SSSR count). The summed E-state index contributed by atoms with van der Waals surface area (Å²) in [7, 11) is 0. The highest BCUT2D eigenvalue weighted by molar-refractivity contribution is 9.08. The quantitative estimate of drug-likeness (QED) is 0.775. The largest absolute Gasteiger partial charge is 0.443 e. The van der Waals surface area contributed by atoms with Crippen LogP contribution in [0.5, 0.6) is 0 Å². The van der Waals surface area contributed by atoms with Crippen molar-refractivity contribution in [2.75, 3.05) is 0 Å². The smallest absolute Gasteiger partial charge is 0.181 e. The average Bonchev–Trinajstić information content (AvgIpc) is 2.65. The summed E-state index contributed by atoms with van der Waals surface area (Å²) < 4.78 is 5.30. The second kappa shape index (κ2) is 4.15. The highest BCUT2D eigenvalue weighted by Crippen LogP contribution is 2.26. The maximum Gasteiger partial charge on any atom is 0.181 e. The lowest BCUT2D eigenvalue weighted by molar-refractivity contribution is 0.571. The molecule has 0 atom stereocenters. The third-order valence-electron chi connectivity index (χ3n) is 1.85. The van der Waals surface area contributed by atoms with E-state index in [0.29, 0.717) is 10.4 Å². The molecule has 2 aromatic rings. The van der Waals surface area contributed by atoms with Gasteiger partial charge in [0.2, 0.25) is 0 Å². The van der Waals surface area contributed by atoms with E-state index in [-0.39, 0.29) is 0 Å². The molecule has 2 nitrogen and oxygen atoms in total. The van der Waals surface area contributed by atoms with Crippen LogP contribution in [-0.4, -0.2) is 4.98 Å². The van der Waals surface area contributed by atoms with Gasteiger partial charge in [0.05, 0.1) is 5.69 Å². The maximum atomic E-state index is 5.88. The molecule has 14 heavy (non-hydrogen) atoms. The first-order valence-corrected chi connectivity index (χ1v) is 5.55. The molecule has 4 heteroatoms. The molecule has 0 spiro atoms. The molecule has 0 amide bonds. The van der Waals surface area contributed by atoms with Crippen LogP contribution in [0.3, 0.4) is 0 Å². The summed E-state index contributed by atoms with van der Waals surface area (Å²) >= 11 is 9.23. The van der Waals surface area contributed by atoms with Gasteiger partial charge in [-0.25, -0.2) is 4.98 Å². The fourth-order valence-corrected chi connectivity index (χ4v) is 1.82. The Morgan fingerprint density at radius 1 is 1.43 bits per heavy atom. The zero-order chi connectivity index (χ0) is 9.97. The first-order chi connectivity index (χ1) is 6.81. The lowest BCUT2D eigenvalue weighted by atomic mass is 10.1. The third kappa shape index (κ3) is 1.83. The van der Waals surface area contributed by atoms with E-state index in [1.54, 1.807) is 0 Å². The number of halogens is 2. The van der Waals surface area contributed by atoms with Gasteiger partial charge in [-0.2, -0.15) is 0 Å². The van der Waals surface area contributed by atoms with Gasteiger partial charge >= 0.3 is 0 Å². The highest BCUT2D eigenvalue weighted by Gasteiger charge is 2.09. The Labute approximate surface area is 95.0 Å². The minimum atomic E-state index is 0.672. The predicted molar refractivity (Wildman–Crippen MR) is 59.6 cm³/mol. The lowest BCUT2D eigenvalue weighted by Crippen LogP contribution is -1.82. The van der Waals surface area contributed by atoms with E-state index in [2.05, 4.69) is 20.9 Å². The van der Waals surface area contributed by atoms with Crippen LogP contribution in [0.4, 0.5) is 0 Å². The Bertz CT molecular complexity index is 441. The van der Waals surface area contributed by atoms with Gasteiger partial charge in [0.1, 0.15) is 0 Å². The Balaban J connectivity index is 2.49.